The Morgan fingerprint density at radius 3 is 2.81 bits per heavy atom. The van der Waals surface area contributed by atoms with Crippen LogP contribution in [0.1, 0.15) is 49.7 Å². The van der Waals surface area contributed by atoms with Crippen LogP contribution in [0.15, 0.2) is 18.5 Å². The zero-order chi connectivity index (χ0) is 18.6. The number of nitrogens with zero attached hydrogens (tertiary/aromatic N) is 7. The first-order chi connectivity index (χ1) is 13.2. The van der Waals surface area contributed by atoms with Crippen LogP contribution in [0.25, 0.3) is 0 Å². The summed E-state index contributed by atoms with van der Waals surface area (Å²) in [5.74, 6) is 2.67. The summed E-state index contributed by atoms with van der Waals surface area (Å²) in [6.07, 6.45) is 8.94. The third kappa shape index (κ3) is 4.21. The maximum absolute atomic E-state index is 12.3. The van der Waals surface area contributed by atoms with E-state index in [2.05, 4.69) is 24.8 Å². The number of carbonyl (C=O) groups excluding carboxylic acids is 1. The molecule has 2 saturated heterocycles. The fourth-order valence-electron chi connectivity index (χ4n) is 4.26. The lowest BCUT2D eigenvalue weighted by molar-refractivity contribution is -0.130. The number of hydrogen-bond acceptors (Lipinski definition) is 5. The van der Waals surface area contributed by atoms with E-state index in [0.717, 1.165) is 70.1 Å². The van der Waals surface area contributed by atoms with E-state index < -0.39 is 0 Å². The third-order valence-electron chi connectivity index (χ3n) is 5.83. The lowest BCUT2D eigenvalue weighted by Crippen LogP contribution is -2.38. The van der Waals surface area contributed by atoms with Crippen LogP contribution in [0.5, 0.6) is 0 Å². The highest BCUT2D eigenvalue weighted by Gasteiger charge is 2.27. The molecule has 0 saturated carbocycles. The van der Waals surface area contributed by atoms with Crippen LogP contribution in [0, 0.1) is 0 Å². The fraction of sp³-hybridized carbons (Fsp3) is 0.684. The summed E-state index contributed by atoms with van der Waals surface area (Å²) in [6, 6.07) is 1.92. The maximum atomic E-state index is 12.3. The van der Waals surface area contributed by atoms with Crippen LogP contribution in [0.3, 0.4) is 0 Å². The van der Waals surface area contributed by atoms with Crippen LogP contribution in [0.2, 0.25) is 0 Å². The summed E-state index contributed by atoms with van der Waals surface area (Å²) < 4.78 is 3.98. The quantitative estimate of drug-likeness (QED) is 0.764. The van der Waals surface area contributed by atoms with Crippen molar-refractivity contribution < 1.29 is 4.79 Å². The number of rotatable bonds is 6. The maximum Gasteiger partial charge on any atom is 0.223 e. The van der Waals surface area contributed by atoms with Gasteiger partial charge in [0.05, 0.1) is 0 Å². The van der Waals surface area contributed by atoms with Crippen molar-refractivity contribution in [3.05, 3.63) is 30.1 Å². The Hall–Kier alpha value is -2.22. The topological polar surface area (TPSA) is 72.1 Å². The van der Waals surface area contributed by atoms with E-state index in [1.165, 1.54) is 0 Å². The Bertz CT molecular complexity index is 748. The van der Waals surface area contributed by atoms with Crippen LogP contribution < -0.4 is 0 Å². The fourth-order valence-corrected chi connectivity index (χ4v) is 4.26. The van der Waals surface area contributed by atoms with E-state index in [9.17, 15) is 4.79 Å². The van der Waals surface area contributed by atoms with Gasteiger partial charge < -0.3 is 14.4 Å². The first-order valence-electron chi connectivity index (χ1n) is 10.1. The smallest absolute Gasteiger partial charge is 0.223 e. The normalized spacial score (nSPS) is 21.1. The molecular weight excluding hydrogens is 342 g/mol. The van der Waals surface area contributed by atoms with Gasteiger partial charge >= 0.3 is 0 Å². The summed E-state index contributed by atoms with van der Waals surface area (Å²) in [5, 5.41) is 13.1. The second-order valence-electron chi connectivity index (χ2n) is 7.71. The summed E-state index contributed by atoms with van der Waals surface area (Å²) in [5.41, 5.74) is 0. The van der Waals surface area contributed by atoms with E-state index >= 15 is 0 Å². The molecule has 0 spiro atoms. The van der Waals surface area contributed by atoms with Crippen molar-refractivity contribution in [2.24, 2.45) is 7.05 Å². The van der Waals surface area contributed by atoms with Crippen molar-refractivity contribution in [3.8, 4) is 0 Å². The zero-order valence-electron chi connectivity index (χ0n) is 16.1. The molecule has 1 amide bonds. The summed E-state index contributed by atoms with van der Waals surface area (Å²) in [7, 11) is 2.05. The predicted octanol–water partition coefficient (Wildman–Crippen LogP) is 1.25. The molecule has 0 bridgehead atoms. The molecule has 146 valence electrons. The second-order valence-corrected chi connectivity index (χ2v) is 7.71. The minimum absolute atomic E-state index is 0.315. The largest absolute Gasteiger partial charge is 0.343 e. The standard InChI is InChI=1S/C19H29N7O/c1-23-17(15-26-12-5-8-20-26)21-22-19(23)16-6-4-9-24(14-16)13-7-18(27)25-10-2-3-11-25/h5,8,12,16H,2-4,6-7,9-11,13-15H2,1H3/t16-/m1/s1. The third-order valence-corrected chi connectivity index (χ3v) is 5.83. The second kappa shape index (κ2) is 8.21. The van der Waals surface area contributed by atoms with Gasteiger partial charge in [-0.15, -0.1) is 10.2 Å². The number of likely N-dealkylation sites (tertiary alicyclic amines) is 2. The van der Waals surface area contributed by atoms with Gasteiger partial charge in [0.1, 0.15) is 12.4 Å². The van der Waals surface area contributed by atoms with Gasteiger partial charge in [-0.3, -0.25) is 9.48 Å². The molecule has 0 radical (unpaired) electrons. The predicted molar refractivity (Wildman–Crippen MR) is 101 cm³/mol. The van der Waals surface area contributed by atoms with Gasteiger partial charge in [0.25, 0.3) is 0 Å². The molecule has 1 atom stereocenters. The highest BCUT2D eigenvalue weighted by molar-refractivity contribution is 5.76. The first-order valence-corrected chi connectivity index (χ1v) is 10.1. The minimum atomic E-state index is 0.315. The molecule has 0 unspecified atom stereocenters. The Labute approximate surface area is 160 Å². The van der Waals surface area contributed by atoms with Gasteiger partial charge in [-0.25, -0.2) is 0 Å². The van der Waals surface area contributed by atoms with Crippen molar-refractivity contribution in [1.82, 2.24) is 34.3 Å². The molecule has 2 aromatic rings. The van der Waals surface area contributed by atoms with Crippen LogP contribution in [-0.2, 0) is 18.4 Å². The molecule has 2 aliphatic rings. The highest BCUT2D eigenvalue weighted by Crippen LogP contribution is 2.26. The minimum Gasteiger partial charge on any atom is -0.343 e. The Balaban J connectivity index is 1.34. The van der Waals surface area contributed by atoms with Gasteiger partial charge in [0, 0.05) is 58.0 Å². The van der Waals surface area contributed by atoms with Crippen molar-refractivity contribution in [1.29, 1.82) is 0 Å². The molecule has 4 rings (SSSR count). The van der Waals surface area contributed by atoms with Gasteiger partial charge in [-0.2, -0.15) is 5.10 Å². The number of carbonyl (C=O) groups is 1. The molecule has 0 aromatic carbocycles. The average Bonchev–Trinajstić information content (AvgIpc) is 3.44. The average molecular weight is 371 g/mol. The number of amides is 1. The van der Waals surface area contributed by atoms with Gasteiger partial charge in [0.15, 0.2) is 5.82 Å². The molecule has 27 heavy (non-hydrogen) atoms. The number of aromatic nitrogens is 5. The van der Waals surface area contributed by atoms with Gasteiger partial charge in [-0.05, 0) is 38.3 Å². The molecule has 8 heteroatoms. The Kier molecular flexibility index (Phi) is 5.52. The lowest BCUT2D eigenvalue weighted by Gasteiger charge is -2.32. The number of piperidine rings is 1. The highest BCUT2D eigenvalue weighted by atomic mass is 16.2. The zero-order valence-corrected chi connectivity index (χ0v) is 16.1. The first kappa shape index (κ1) is 18.2. The molecular formula is C19H29N7O. The van der Waals surface area contributed by atoms with Crippen molar-refractivity contribution in [3.63, 3.8) is 0 Å². The molecule has 4 heterocycles. The Morgan fingerprint density at radius 2 is 2.04 bits per heavy atom. The molecule has 8 nitrogen and oxygen atoms in total. The van der Waals surface area contributed by atoms with Crippen molar-refractivity contribution >= 4 is 5.91 Å². The lowest BCUT2D eigenvalue weighted by atomic mass is 9.97. The SMILES string of the molecule is Cn1c(Cn2cccn2)nnc1[C@@H]1CCCN(CCC(=O)N2CCCC2)C1. The van der Waals surface area contributed by atoms with Gasteiger partial charge in [-0.1, -0.05) is 0 Å². The molecule has 0 N–H and O–H groups in total. The summed E-state index contributed by atoms with van der Waals surface area (Å²) in [4.78, 5) is 16.8. The molecule has 2 aliphatic heterocycles. The monoisotopic (exact) mass is 371 g/mol. The molecule has 2 aromatic heterocycles. The Morgan fingerprint density at radius 1 is 1.19 bits per heavy atom. The van der Waals surface area contributed by atoms with E-state index in [4.69, 9.17) is 0 Å². The van der Waals surface area contributed by atoms with E-state index in [0.29, 0.717) is 24.8 Å². The molecule has 0 aliphatic carbocycles. The molecule has 2 fully saturated rings. The van der Waals surface area contributed by atoms with Crippen molar-refractivity contribution in [2.45, 2.75) is 44.6 Å². The van der Waals surface area contributed by atoms with Crippen LogP contribution in [-0.4, -0.2) is 73.0 Å². The van der Waals surface area contributed by atoms with E-state index in [-0.39, 0.29) is 0 Å². The summed E-state index contributed by atoms with van der Waals surface area (Å²) >= 11 is 0. The van der Waals surface area contributed by atoms with Crippen molar-refractivity contribution in [2.75, 3.05) is 32.7 Å². The van der Waals surface area contributed by atoms with Gasteiger partial charge in [0.2, 0.25) is 5.91 Å². The van der Waals surface area contributed by atoms with Crippen LogP contribution in [0.4, 0.5) is 0 Å². The van der Waals surface area contributed by atoms with E-state index in [1.54, 1.807) is 6.20 Å². The van der Waals surface area contributed by atoms with Crippen LogP contribution >= 0.6 is 0 Å². The van der Waals surface area contributed by atoms with E-state index in [1.807, 2.05) is 28.9 Å². The number of hydrogen-bond donors (Lipinski definition) is 0. The summed E-state index contributed by atoms with van der Waals surface area (Å²) in [6.45, 7) is 5.41.